The van der Waals surface area contributed by atoms with Gasteiger partial charge < -0.3 is 20.3 Å². The van der Waals surface area contributed by atoms with Crippen molar-refractivity contribution in [1.29, 1.82) is 0 Å². The molecule has 0 aliphatic rings. The highest BCUT2D eigenvalue weighted by atomic mass is 16.5. The van der Waals surface area contributed by atoms with E-state index in [1.807, 2.05) is 18.2 Å². The molecule has 0 aromatic carbocycles. The minimum Gasteiger partial charge on any atom is -0.462 e. The second-order valence-electron chi connectivity index (χ2n) is 16.6. The van der Waals surface area contributed by atoms with Crippen LogP contribution in [0.4, 0.5) is 0 Å². The van der Waals surface area contributed by atoms with E-state index in [9.17, 15) is 19.8 Å². The van der Waals surface area contributed by atoms with Crippen LogP contribution in [0.2, 0.25) is 0 Å². The van der Waals surface area contributed by atoms with Crippen molar-refractivity contribution in [3.8, 4) is 0 Å². The maximum atomic E-state index is 13.2. The summed E-state index contributed by atoms with van der Waals surface area (Å²) in [6.07, 6.45) is 58.2. The first kappa shape index (κ1) is 56.3. The summed E-state index contributed by atoms with van der Waals surface area (Å²) in [6, 6.07) is -0.716. The van der Waals surface area contributed by atoms with Crippen molar-refractivity contribution in [2.24, 2.45) is 0 Å². The van der Waals surface area contributed by atoms with E-state index in [4.69, 9.17) is 4.74 Å². The predicted octanol–water partition coefficient (Wildman–Crippen LogP) is 14.6. The molecule has 0 radical (unpaired) electrons. The van der Waals surface area contributed by atoms with Crippen molar-refractivity contribution < 1.29 is 24.5 Å². The predicted molar refractivity (Wildman–Crippen MR) is 255 cm³/mol. The van der Waals surface area contributed by atoms with Crippen molar-refractivity contribution in [3.05, 3.63) is 72.9 Å². The van der Waals surface area contributed by atoms with E-state index in [-0.39, 0.29) is 24.9 Å². The Bertz CT molecular complexity index is 1110. The van der Waals surface area contributed by atoms with Crippen molar-refractivity contribution in [3.63, 3.8) is 0 Å². The van der Waals surface area contributed by atoms with Crippen LogP contribution in [-0.4, -0.2) is 46.9 Å². The molecule has 0 fully saturated rings. The van der Waals surface area contributed by atoms with Gasteiger partial charge >= 0.3 is 5.97 Å². The lowest BCUT2D eigenvalue weighted by Crippen LogP contribution is -2.46. The smallest absolute Gasteiger partial charge is 0.306 e. The van der Waals surface area contributed by atoms with Gasteiger partial charge in [0.2, 0.25) is 5.91 Å². The summed E-state index contributed by atoms with van der Waals surface area (Å²) in [7, 11) is 0. The van der Waals surface area contributed by atoms with Crippen LogP contribution in [0.1, 0.15) is 226 Å². The molecule has 0 rings (SSSR count). The molecule has 1 amide bonds. The molecule has 3 unspecified atom stereocenters. The molecule has 0 heterocycles. The molecule has 3 atom stereocenters. The fourth-order valence-corrected chi connectivity index (χ4v) is 7.14. The second kappa shape index (κ2) is 46.4. The third kappa shape index (κ3) is 41.8. The molecule has 0 aliphatic carbocycles. The van der Waals surface area contributed by atoms with Gasteiger partial charge in [0.15, 0.2) is 0 Å². The molecule has 0 saturated carbocycles. The summed E-state index contributed by atoms with van der Waals surface area (Å²) >= 11 is 0. The highest BCUT2D eigenvalue weighted by molar-refractivity contribution is 5.77. The zero-order valence-electron chi connectivity index (χ0n) is 38.6. The minimum absolute atomic E-state index is 0.0470. The Hall–Kier alpha value is -2.70. The first-order valence-electron chi connectivity index (χ1n) is 24.7. The van der Waals surface area contributed by atoms with Crippen molar-refractivity contribution in [1.82, 2.24) is 5.32 Å². The monoisotopic (exact) mass is 824 g/mol. The fourth-order valence-electron chi connectivity index (χ4n) is 7.14. The number of hydrogen-bond donors (Lipinski definition) is 3. The number of carbonyl (C=O) groups is 2. The molecular weight excluding hydrogens is 731 g/mol. The number of nitrogens with one attached hydrogen (secondary N) is 1. The van der Waals surface area contributed by atoms with Crippen LogP contribution in [0.25, 0.3) is 0 Å². The van der Waals surface area contributed by atoms with Gasteiger partial charge in [0.05, 0.1) is 25.2 Å². The molecule has 340 valence electrons. The Morgan fingerprint density at radius 3 is 1.42 bits per heavy atom. The van der Waals surface area contributed by atoms with E-state index in [1.165, 1.54) is 83.5 Å². The molecule has 0 aromatic heterocycles. The molecule has 6 nitrogen and oxygen atoms in total. The summed E-state index contributed by atoms with van der Waals surface area (Å²) < 4.78 is 5.90. The van der Waals surface area contributed by atoms with Crippen molar-refractivity contribution >= 4 is 11.9 Å². The summed E-state index contributed by atoms with van der Waals surface area (Å²) in [4.78, 5) is 26.1. The SMILES string of the molecule is CC/C=C/C=C/C=C/C=C\CCCCCCCC(=O)OC(CCCCC/C=C/C=C/CCCCCCCCC)CC(=O)NC(CO)C(O)CCCCCCCCCCC. The number of allylic oxidation sites excluding steroid dienone is 12. The first-order valence-corrected chi connectivity index (χ1v) is 24.7. The molecule has 0 aliphatic heterocycles. The van der Waals surface area contributed by atoms with Crippen LogP contribution < -0.4 is 5.32 Å². The number of unbranched alkanes of at least 4 members (excludes halogenated alkanes) is 23. The van der Waals surface area contributed by atoms with Gasteiger partial charge in [0, 0.05) is 6.42 Å². The number of amides is 1. The summed E-state index contributed by atoms with van der Waals surface area (Å²) in [6.45, 7) is 6.30. The van der Waals surface area contributed by atoms with Gasteiger partial charge in [-0.3, -0.25) is 9.59 Å². The van der Waals surface area contributed by atoms with Crippen LogP contribution in [0, 0.1) is 0 Å². The van der Waals surface area contributed by atoms with E-state index in [0.717, 1.165) is 96.3 Å². The highest BCUT2D eigenvalue weighted by Crippen LogP contribution is 2.17. The molecular formula is C53H93NO5. The van der Waals surface area contributed by atoms with Crippen molar-refractivity contribution in [2.75, 3.05) is 6.61 Å². The van der Waals surface area contributed by atoms with E-state index >= 15 is 0 Å². The molecule has 0 saturated heterocycles. The molecule has 0 bridgehead atoms. The van der Waals surface area contributed by atoms with Gasteiger partial charge in [-0.1, -0.05) is 216 Å². The van der Waals surface area contributed by atoms with Crippen LogP contribution in [0.15, 0.2) is 72.9 Å². The van der Waals surface area contributed by atoms with Crippen LogP contribution in [0.3, 0.4) is 0 Å². The summed E-state index contributed by atoms with van der Waals surface area (Å²) in [5, 5.41) is 23.6. The quantitative estimate of drug-likeness (QED) is 0.0323. The second-order valence-corrected chi connectivity index (χ2v) is 16.6. The van der Waals surface area contributed by atoms with Crippen LogP contribution >= 0.6 is 0 Å². The lowest BCUT2D eigenvalue weighted by Gasteiger charge is -2.24. The number of ether oxygens (including phenoxy) is 1. The average molecular weight is 824 g/mol. The normalized spacial score (nSPS) is 13.9. The van der Waals surface area contributed by atoms with Gasteiger partial charge in [-0.2, -0.15) is 0 Å². The molecule has 3 N–H and O–H groups in total. The van der Waals surface area contributed by atoms with E-state index in [0.29, 0.717) is 19.3 Å². The van der Waals surface area contributed by atoms with Gasteiger partial charge in [0.1, 0.15) is 6.10 Å². The Morgan fingerprint density at radius 2 is 0.915 bits per heavy atom. The van der Waals surface area contributed by atoms with Gasteiger partial charge in [0.25, 0.3) is 0 Å². The number of carbonyl (C=O) groups excluding carboxylic acids is 2. The zero-order chi connectivity index (χ0) is 43.1. The van der Waals surface area contributed by atoms with Crippen molar-refractivity contribution in [2.45, 2.75) is 244 Å². The standard InChI is InChI=1S/C53H93NO5/c1-4-7-10-13-16-19-21-23-25-27-28-30-33-35-38-41-44-49(47-52(57)54-50(48-55)51(56)45-42-39-36-32-18-15-12-9-6-3)59-53(58)46-43-40-37-34-31-29-26-24-22-20-17-14-11-8-5-2/h8,11,14,17,20,22,24-28,30,49-51,55-56H,4-7,9-10,12-13,15-16,18-19,21,23,29,31-48H2,1-3H3,(H,54,57)/b11-8+,17-14+,22-20+,26-24-,27-25+,30-28+. The Labute approximate surface area is 364 Å². The van der Waals surface area contributed by atoms with E-state index in [2.05, 4.69) is 80.8 Å². The van der Waals surface area contributed by atoms with Gasteiger partial charge in [-0.25, -0.2) is 0 Å². The molecule has 59 heavy (non-hydrogen) atoms. The number of rotatable bonds is 43. The van der Waals surface area contributed by atoms with Crippen LogP contribution in [-0.2, 0) is 14.3 Å². The molecule has 0 spiro atoms. The Morgan fingerprint density at radius 1 is 0.508 bits per heavy atom. The maximum Gasteiger partial charge on any atom is 0.306 e. The maximum absolute atomic E-state index is 13.2. The number of hydrogen-bond acceptors (Lipinski definition) is 5. The largest absolute Gasteiger partial charge is 0.462 e. The minimum atomic E-state index is -0.800. The lowest BCUT2D eigenvalue weighted by molar-refractivity contribution is -0.151. The summed E-state index contributed by atoms with van der Waals surface area (Å²) in [5.41, 5.74) is 0. The average Bonchev–Trinajstić information content (AvgIpc) is 3.23. The van der Waals surface area contributed by atoms with Crippen LogP contribution in [0.5, 0.6) is 0 Å². The summed E-state index contributed by atoms with van der Waals surface area (Å²) in [5.74, 6) is -0.531. The number of aliphatic hydroxyl groups is 2. The van der Waals surface area contributed by atoms with E-state index in [1.54, 1.807) is 0 Å². The Kier molecular flexibility index (Phi) is 44.2. The third-order valence-electron chi connectivity index (χ3n) is 10.9. The van der Waals surface area contributed by atoms with Gasteiger partial charge in [-0.05, 0) is 70.6 Å². The first-order chi connectivity index (χ1) is 29.0. The molecule has 6 heteroatoms. The zero-order valence-corrected chi connectivity index (χ0v) is 38.6. The Balaban J connectivity index is 4.70. The number of aliphatic hydroxyl groups excluding tert-OH is 2. The highest BCUT2D eigenvalue weighted by Gasteiger charge is 2.24. The third-order valence-corrected chi connectivity index (χ3v) is 10.9. The number of esters is 1. The van der Waals surface area contributed by atoms with E-state index < -0.39 is 18.2 Å². The fraction of sp³-hybridized carbons (Fsp3) is 0.736. The topological polar surface area (TPSA) is 95.9 Å². The lowest BCUT2D eigenvalue weighted by atomic mass is 10.0. The molecule has 0 aromatic rings. The van der Waals surface area contributed by atoms with Gasteiger partial charge in [-0.15, -0.1) is 0 Å².